The van der Waals surface area contributed by atoms with Gasteiger partial charge in [0.1, 0.15) is 5.82 Å². The van der Waals surface area contributed by atoms with Crippen molar-refractivity contribution in [2.24, 2.45) is 0 Å². The highest BCUT2D eigenvalue weighted by Gasteiger charge is 2.13. The van der Waals surface area contributed by atoms with E-state index in [0.29, 0.717) is 36.0 Å². The Bertz CT molecular complexity index is 974. The second-order valence-electron chi connectivity index (χ2n) is 7.88. The van der Waals surface area contributed by atoms with Crippen molar-refractivity contribution < 1.29 is 13.2 Å². The zero-order valence-electron chi connectivity index (χ0n) is 17.8. The van der Waals surface area contributed by atoms with Crippen molar-refractivity contribution >= 4 is 0 Å². The fourth-order valence-electron chi connectivity index (χ4n) is 3.74. The molecule has 0 aromatic heterocycles. The summed E-state index contributed by atoms with van der Waals surface area (Å²) in [6, 6.07) is 16.5. The first-order chi connectivity index (χ1) is 14.5. The van der Waals surface area contributed by atoms with E-state index in [2.05, 4.69) is 6.92 Å². The van der Waals surface area contributed by atoms with Gasteiger partial charge < -0.3 is 0 Å². The van der Waals surface area contributed by atoms with Gasteiger partial charge in [0.15, 0.2) is 11.6 Å². The minimum absolute atomic E-state index is 0.207. The minimum atomic E-state index is -0.734. The van der Waals surface area contributed by atoms with Crippen LogP contribution in [0.2, 0.25) is 0 Å². The number of unbranched alkanes of at least 4 members (excludes halogenated alkanes) is 1. The molecule has 3 aromatic carbocycles. The molecule has 0 radical (unpaired) electrons. The summed E-state index contributed by atoms with van der Waals surface area (Å²) in [7, 11) is 0. The molecule has 30 heavy (non-hydrogen) atoms. The number of hydrogen-bond acceptors (Lipinski definition) is 0. The lowest BCUT2D eigenvalue weighted by molar-refractivity contribution is 0.488. The van der Waals surface area contributed by atoms with Gasteiger partial charge in [0.25, 0.3) is 0 Å². The van der Waals surface area contributed by atoms with Crippen molar-refractivity contribution in [3.8, 4) is 11.1 Å². The Balaban J connectivity index is 1.67. The quantitative estimate of drug-likeness (QED) is 0.337. The molecule has 0 nitrogen and oxygen atoms in total. The zero-order chi connectivity index (χ0) is 21.5. The lowest BCUT2D eigenvalue weighted by Crippen LogP contribution is -2.01. The zero-order valence-corrected chi connectivity index (χ0v) is 17.8. The lowest BCUT2D eigenvalue weighted by Gasteiger charge is -2.10. The molecule has 0 saturated heterocycles. The molecule has 3 rings (SSSR count). The molecule has 158 valence electrons. The van der Waals surface area contributed by atoms with Crippen LogP contribution in [0.5, 0.6) is 0 Å². The van der Waals surface area contributed by atoms with Crippen molar-refractivity contribution in [3.05, 3.63) is 94.3 Å². The molecule has 0 bridgehead atoms. The minimum Gasteiger partial charge on any atom is -0.206 e. The third kappa shape index (κ3) is 5.33. The van der Waals surface area contributed by atoms with Gasteiger partial charge in [-0.05, 0) is 66.0 Å². The average Bonchev–Trinajstić information content (AvgIpc) is 2.76. The molecule has 0 aliphatic carbocycles. The van der Waals surface area contributed by atoms with Gasteiger partial charge in [-0.1, -0.05) is 75.2 Å². The summed E-state index contributed by atoms with van der Waals surface area (Å²) in [5.41, 5.74) is 4.27. The molecule has 3 heteroatoms. The van der Waals surface area contributed by atoms with Gasteiger partial charge in [-0.2, -0.15) is 0 Å². The number of benzene rings is 3. The Labute approximate surface area is 177 Å². The van der Waals surface area contributed by atoms with E-state index >= 15 is 0 Å². The van der Waals surface area contributed by atoms with Crippen LogP contribution >= 0.6 is 0 Å². The molecule has 0 heterocycles. The monoisotopic (exact) mass is 410 g/mol. The summed E-state index contributed by atoms with van der Waals surface area (Å²) in [4.78, 5) is 0. The standard InChI is InChI=1S/C27H29F3/c1-3-5-7-20-11-17-24(25(28)18-20)21-12-8-19(9-13-21)10-14-23-16-15-22(6-4-2)26(29)27(23)30/h8-9,11-13,15-18H,3-7,10,14H2,1-2H3. The van der Waals surface area contributed by atoms with Gasteiger partial charge >= 0.3 is 0 Å². The largest absolute Gasteiger partial charge is 0.206 e. The van der Waals surface area contributed by atoms with E-state index < -0.39 is 11.6 Å². The third-order valence-electron chi connectivity index (χ3n) is 5.56. The van der Waals surface area contributed by atoms with Crippen LogP contribution < -0.4 is 0 Å². The molecule has 3 aromatic rings. The van der Waals surface area contributed by atoms with Crippen molar-refractivity contribution in [1.29, 1.82) is 0 Å². The van der Waals surface area contributed by atoms with E-state index in [-0.39, 0.29) is 5.82 Å². The lowest BCUT2D eigenvalue weighted by atomic mass is 9.97. The summed E-state index contributed by atoms with van der Waals surface area (Å²) < 4.78 is 43.0. The van der Waals surface area contributed by atoms with Gasteiger partial charge in [0.05, 0.1) is 0 Å². The molecule has 0 spiro atoms. The summed E-state index contributed by atoms with van der Waals surface area (Å²) in [5.74, 6) is -1.66. The van der Waals surface area contributed by atoms with Crippen molar-refractivity contribution in [1.82, 2.24) is 0 Å². The van der Waals surface area contributed by atoms with E-state index in [9.17, 15) is 13.2 Å². The number of halogens is 3. The van der Waals surface area contributed by atoms with Crippen LogP contribution in [0.15, 0.2) is 54.6 Å². The molecule has 0 fully saturated rings. The molecule has 0 atom stereocenters. The van der Waals surface area contributed by atoms with Gasteiger partial charge in [-0.3, -0.25) is 0 Å². The first-order valence-electron chi connectivity index (χ1n) is 10.9. The van der Waals surface area contributed by atoms with Crippen LogP contribution in [0.1, 0.15) is 55.4 Å². The topological polar surface area (TPSA) is 0 Å². The highest BCUT2D eigenvalue weighted by atomic mass is 19.2. The van der Waals surface area contributed by atoms with E-state index in [0.717, 1.165) is 42.4 Å². The second kappa shape index (κ2) is 10.5. The molecular weight excluding hydrogens is 381 g/mol. The van der Waals surface area contributed by atoms with Crippen molar-refractivity contribution in [2.75, 3.05) is 0 Å². The van der Waals surface area contributed by atoms with Gasteiger partial charge in [0.2, 0.25) is 0 Å². The van der Waals surface area contributed by atoms with Gasteiger partial charge in [-0.25, -0.2) is 13.2 Å². The molecule has 0 saturated carbocycles. The first kappa shape index (κ1) is 22.1. The van der Waals surface area contributed by atoms with E-state index in [1.165, 1.54) is 0 Å². The van der Waals surface area contributed by atoms with Crippen LogP contribution in [-0.4, -0.2) is 0 Å². The Kier molecular flexibility index (Phi) is 7.73. The molecule has 0 aliphatic rings. The van der Waals surface area contributed by atoms with Crippen LogP contribution in [-0.2, 0) is 25.7 Å². The number of aryl methyl sites for hydroxylation is 4. The maximum absolute atomic E-state index is 14.5. The summed E-state index contributed by atoms with van der Waals surface area (Å²) in [6.45, 7) is 4.07. The number of hydrogen-bond donors (Lipinski definition) is 0. The van der Waals surface area contributed by atoms with Crippen molar-refractivity contribution in [3.63, 3.8) is 0 Å². The SMILES string of the molecule is CCCCc1ccc(-c2ccc(CCc3ccc(CCC)c(F)c3F)cc2)c(F)c1. The predicted molar refractivity (Wildman–Crippen MR) is 118 cm³/mol. The highest BCUT2D eigenvalue weighted by molar-refractivity contribution is 5.64. The van der Waals surface area contributed by atoms with Crippen LogP contribution in [0, 0.1) is 17.5 Å². The third-order valence-corrected chi connectivity index (χ3v) is 5.56. The smallest absolute Gasteiger partial charge is 0.162 e. The fourth-order valence-corrected chi connectivity index (χ4v) is 3.74. The Morgan fingerprint density at radius 3 is 1.83 bits per heavy atom. The van der Waals surface area contributed by atoms with Crippen LogP contribution in [0.25, 0.3) is 11.1 Å². The highest BCUT2D eigenvalue weighted by Crippen LogP contribution is 2.25. The maximum Gasteiger partial charge on any atom is 0.162 e. The maximum atomic E-state index is 14.5. The van der Waals surface area contributed by atoms with E-state index in [1.807, 2.05) is 43.3 Å². The number of rotatable bonds is 9. The molecule has 0 N–H and O–H groups in total. The van der Waals surface area contributed by atoms with Crippen LogP contribution in [0.3, 0.4) is 0 Å². The average molecular weight is 411 g/mol. The summed E-state index contributed by atoms with van der Waals surface area (Å²) in [5, 5.41) is 0. The molecule has 0 aliphatic heterocycles. The fraction of sp³-hybridized carbons (Fsp3) is 0.333. The second-order valence-corrected chi connectivity index (χ2v) is 7.88. The van der Waals surface area contributed by atoms with E-state index in [4.69, 9.17) is 0 Å². The van der Waals surface area contributed by atoms with Gasteiger partial charge in [0, 0.05) is 5.56 Å². The Hall–Kier alpha value is -2.55. The normalized spacial score (nSPS) is 11.1. The summed E-state index contributed by atoms with van der Waals surface area (Å²) in [6.07, 6.45) is 5.38. The van der Waals surface area contributed by atoms with Crippen LogP contribution in [0.4, 0.5) is 13.2 Å². The molecule has 0 unspecified atom stereocenters. The van der Waals surface area contributed by atoms with E-state index in [1.54, 1.807) is 18.2 Å². The summed E-state index contributed by atoms with van der Waals surface area (Å²) >= 11 is 0. The molecular formula is C27H29F3. The predicted octanol–water partition coefficient (Wildman–Crippen LogP) is 7.85. The van der Waals surface area contributed by atoms with Gasteiger partial charge in [-0.15, -0.1) is 0 Å². The molecule has 0 amide bonds. The Morgan fingerprint density at radius 1 is 0.600 bits per heavy atom. The van der Waals surface area contributed by atoms with Crippen molar-refractivity contribution in [2.45, 2.75) is 58.8 Å². The first-order valence-corrected chi connectivity index (χ1v) is 10.9. The Morgan fingerprint density at radius 2 is 1.23 bits per heavy atom.